The smallest absolute Gasteiger partial charge is 0.191 e. The minimum Gasteiger partial charge on any atom is -0.488 e. The summed E-state index contributed by atoms with van der Waals surface area (Å²) in [5, 5.41) is 7.37. The maximum absolute atomic E-state index is 12.9. The molecule has 0 saturated carbocycles. The van der Waals surface area contributed by atoms with E-state index in [1.165, 1.54) is 12.1 Å². The second-order valence-electron chi connectivity index (χ2n) is 5.64. The Hall–Kier alpha value is -3.25. The van der Waals surface area contributed by atoms with E-state index in [4.69, 9.17) is 17.0 Å². The van der Waals surface area contributed by atoms with Crippen LogP contribution in [0.1, 0.15) is 11.1 Å². The number of anilines is 1. The van der Waals surface area contributed by atoms with Crippen LogP contribution in [0.25, 0.3) is 0 Å². The maximum atomic E-state index is 12.9. The molecule has 0 fully saturated rings. The van der Waals surface area contributed by atoms with E-state index in [0.717, 1.165) is 16.9 Å². The lowest BCUT2D eigenvalue weighted by Gasteiger charge is -2.09. The number of hydrogen-bond donors (Lipinski definition) is 2. The average Bonchev–Trinajstić information content (AvgIpc) is 2.70. The van der Waals surface area contributed by atoms with Crippen molar-refractivity contribution in [3.63, 3.8) is 0 Å². The van der Waals surface area contributed by atoms with Crippen LogP contribution in [-0.4, -0.2) is 11.3 Å². The van der Waals surface area contributed by atoms with Gasteiger partial charge in [-0.25, -0.2) is 4.39 Å². The quantitative estimate of drug-likeness (QED) is 0.369. The van der Waals surface area contributed by atoms with Gasteiger partial charge in [-0.1, -0.05) is 42.5 Å². The Bertz CT molecular complexity index is 914. The number of thiocarbonyl (C=S) groups is 1. The minimum absolute atomic E-state index is 0.301. The lowest BCUT2D eigenvalue weighted by atomic mass is 10.2. The molecule has 0 spiro atoms. The molecular weight excluding hydrogens is 361 g/mol. The molecule has 0 unspecified atom stereocenters. The number of hydrazone groups is 1. The number of halogens is 1. The first-order chi connectivity index (χ1) is 13.2. The molecule has 0 amide bonds. The summed E-state index contributed by atoms with van der Waals surface area (Å²) in [6.07, 6.45) is 1.64. The Morgan fingerprint density at radius 2 is 1.67 bits per heavy atom. The topological polar surface area (TPSA) is 45.7 Å². The van der Waals surface area contributed by atoms with Crippen LogP contribution < -0.4 is 15.5 Å². The highest BCUT2D eigenvalue weighted by molar-refractivity contribution is 7.80. The van der Waals surface area contributed by atoms with E-state index in [1.54, 1.807) is 18.3 Å². The second kappa shape index (κ2) is 9.45. The van der Waals surface area contributed by atoms with Crippen molar-refractivity contribution in [3.8, 4) is 5.75 Å². The van der Waals surface area contributed by atoms with Crippen molar-refractivity contribution >= 4 is 29.2 Å². The molecule has 2 N–H and O–H groups in total. The van der Waals surface area contributed by atoms with Gasteiger partial charge in [-0.15, -0.1) is 0 Å². The van der Waals surface area contributed by atoms with E-state index in [0.29, 0.717) is 17.4 Å². The first-order valence-electron chi connectivity index (χ1n) is 8.32. The fraction of sp³-hybridized carbons (Fsp3) is 0.0476. The molecule has 6 heteroatoms. The number of benzene rings is 3. The monoisotopic (exact) mass is 379 g/mol. The molecule has 0 aliphatic rings. The van der Waals surface area contributed by atoms with Crippen molar-refractivity contribution in [1.82, 2.24) is 5.43 Å². The van der Waals surface area contributed by atoms with Gasteiger partial charge in [0.05, 0.1) is 6.21 Å². The van der Waals surface area contributed by atoms with Gasteiger partial charge < -0.3 is 10.1 Å². The zero-order chi connectivity index (χ0) is 18.9. The van der Waals surface area contributed by atoms with Crippen molar-refractivity contribution in [2.75, 3.05) is 5.32 Å². The molecule has 27 heavy (non-hydrogen) atoms. The van der Waals surface area contributed by atoms with Gasteiger partial charge in [-0.2, -0.15) is 5.10 Å². The van der Waals surface area contributed by atoms with Gasteiger partial charge in [-0.05, 0) is 54.2 Å². The predicted octanol–water partition coefficient (Wildman–Crippen LogP) is 4.73. The maximum Gasteiger partial charge on any atom is 0.191 e. The highest BCUT2D eigenvalue weighted by atomic mass is 32.1. The lowest BCUT2D eigenvalue weighted by molar-refractivity contribution is 0.306. The van der Waals surface area contributed by atoms with Crippen LogP contribution in [0.15, 0.2) is 84.0 Å². The molecule has 0 aliphatic carbocycles. The molecule has 0 saturated heterocycles. The number of hydrogen-bond acceptors (Lipinski definition) is 3. The molecule has 136 valence electrons. The highest BCUT2D eigenvalue weighted by Gasteiger charge is 2.02. The second-order valence-corrected chi connectivity index (χ2v) is 6.05. The molecule has 0 aromatic heterocycles. The SMILES string of the molecule is Fc1ccc(NC(=S)N/N=C/c2ccccc2OCc2ccccc2)cc1. The van der Waals surface area contributed by atoms with Gasteiger partial charge in [0.2, 0.25) is 0 Å². The van der Waals surface area contributed by atoms with Gasteiger partial charge in [0.1, 0.15) is 18.2 Å². The largest absolute Gasteiger partial charge is 0.488 e. The summed E-state index contributed by atoms with van der Waals surface area (Å²) in [5.74, 6) is 0.425. The predicted molar refractivity (Wildman–Crippen MR) is 111 cm³/mol. The van der Waals surface area contributed by atoms with Gasteiger partial charge in [0.25, 0.3) is 0 Å². The van der Waals surface area contributed by atoms with Crippen molar-refractivity contribution in [3.05, 3.63) is 95.8 Å². The van der Waals surface area contributed by atoms with Crippen LogP contribution in [0.2, 0.25) is 0 Å². The normalized spacial score (nSPS) is 10.6. The molecule has 3 aromatic rings. The van der Waals surface area contributed by atoms with Crippen LogP contribution in [0.5, 0.6) is 5.75 Å². The highest BCUT2D eigenvalue weighted by Crippen LogP contribution is 2.17. The van der Waals surface area contributed by atoms with Crippen LogP contribution in [0.4, 0.5) is 10.1 Å². The van der Waals surface area contributed by atoms with Crippen molar-refractivity contribution in [2.45, 2.75) is 6.61 Å². The Morgan fingerprint density at radius 3 is 2.44 bits per heavy atom. The first kappa shape index (κ1) is 18.5. The number of para-hydroxylation sites is 1. The van der Waals surface area contributed by atoms with E-state index >= 15 is 0 Å². The molecule has 3 rings (SSSR count). The molecular formula is C21H18FN3OS. The van der Waals surface area contributed by atoms with Crippen LogP contribution in [0, 0.1) is 5.82 Å². The standard InChI is InChI=1S/C21H18FN3OS/c22-18-10-12-19(13-11-18)24-21(27)25-23-14-17-8-4-5-9-20(17)26-15-16-6-2-1-3-7-16/h1-14H,15H2,(H2,24,25,27)/b23-14+. The summed E-state index contributed by atoms with van der Waals surface area (Å²) in [6, 6.07) is 23.5. The Labute approximate surface area is 162 Å². The lowest BCUT2D eigenvalue weighted by Crippen LogP contribution is -2.23. The summed E-state index contributed by atoms with van der Waals surface area (Å²) in [5.41, 5.74) is 5.33. The van der Waals surface area contributed by atoms with Gasteiger partial charge in [0.15, 0.2) is 5.11 Å². The van der Waals surface area contributed by atoms with Crippen LogP contribution in [0.3, 0.4) is 0 Å². The number of nitrogens with one attached hydrogen (secondary N) is 2. The van der Waals surface area contributed by atoms with Gasteiger partial charge in [0, 0.05) is 11.3 Å². The van der Waals surface area contributed by atoms with Gasteiger partial charge >= 0.3 is 0 Å². The van der Waals surface area contributed by atoms with E-state index in [9.17, 15) is 4.39 Å². The number of ether oxygens (including phenoxy) is 1. The van der Waals surface area contributed by atoms with Crippen molar-refractivity contribution in [2.24, 2.45) is 5.10 Å². The molecule has 0 radical (unpaired) electrons. The third kappa shape index (κ3) is 5.90. The fourth-order valence-corrected chi connectivity index (χ4v) is 2.48. The Kier molecular flexibility index (Phi) is 6.49. The van der Waals surface area contributed by atoms with E-state index in [-0.39, 0.29) is 5.82 Å². The first-order valence-corrected chi connectivity index (χ1v) is 8.73. The van der Waals surface area contributed by atoms with Crippen LogP contribution in [-0.2, 0) is 6.61 Å². The summed E-state index contributed by atoms with van der Waals surface area (Å²) in [7, 11) is 0. The zero-order valence-corrected chi connectivity index (χ0v) is 15.2. The molecule has 0 bridgehead atoms. The third-order valence-corrected chi connectivity index (χ3v) is 3.82. The number of nitrogens with zero attached hydrogens (tertiary/aromatic N) is 1. The number of rotatable bonds is 6. The third-order valence-electron chi connectivity index (χ3n) is 3.63. The molecule has 0 heterocycles. The summed E-state index contributed by atoms with van der Waals surface area (Å²) >= 11 is 5.17. The van der Waals surface area contributed by atoms with Gasteiger partial charge in [-0.3, -0.25) is 5.43 Å². The fourth-order valence-electron chi connectivity index (χ4n) is 2.31. The zero-order valence-electron chi connectivity index (χ0n) is 14.4. The summed E-state index contributed by atoms with van der Waals surface area (Å²) in [6.45, 7) is 0.476. The van der Waals surface area contributed by atoms with Crippen molar-refractivity contribution in [1.29, 1.82) is 0 Å². The average molecular weight is 379 g/mol. The van der Waals surface area contributed by atoms with E-state index in [2.05, 4.69) is 15.8 Å². The van der Waals surface area contributed by atoms with E-state index in [1.807, 2.05) is 54.6 Å². The molecule has 0 aliphatic heterocycles. The summed E-state index contributed by atoms with van der Waals surface area (Å²) < 4.78 is 18.8. The van der Waals surface area contributed by atoms with E-state index < -0.39 is 0 Å². The Balaban J connectivity index is 1.56. The molecule has 4 nitrogen and oxygen atoms in total. The summed E-state index contributed by atoms with van der Waals surface area (Å²) in [4.78, 5) is 0. The Morgan fingerprint density at radius 1 is 0.963 bits per heavy atom. The van der Waals surface area contributed by atoms with Crippen LogP contribution >= 0.6 is 12.2 Å². The van der Waals surface area contributed by atoms with Crippen molar-refractivity contribution < 1.29 is 9.13 Å². The molecule has 3 aromatic carbocycles. The minimum atomic E-state index is -0.301. The molecule has 0 atom stereocenters.